The maximum absolute atomic E-state index is 12.9. The second-order valence-electron chi connectivity index (χ2n) is 9.05. The largest absolute Gasteiger partial charge is 0.496 e. The summed E-state index contributed by atoms with van der Waals surface area (Å²) in [6.45, 7) is 5.17. The van der Waals surface area contributed by atoms with Gasteiger partial charge in [-0.25, -0.2) is 9.00 Å². The summed E-state index contributed by atoms with van der Waals surface area (Å²) in [4.78, 5) is 24.6. The standard InChI is InChI=1S/C28H28N2O7S/c1-16(2)25(28(32)33)30(38(34)35)21-14-10-19(11-15-21)18-8-12-20(13-9-18)29-27(31)26-17(3)24-22(36-4)6-5-7-23(24)37-26/h5-16,25H,1-4H3,(H,29,31)(H,32,33)(H,34,35). The number of aliphatic carboxylic acids is 1. The van der Waals surface area contributed by atoms with E-state index in [1.54, 1.807) is 69.5 Å². The molecule has 4 rings (SSSR count). The van der Waals surface area contributed by atoms with Crippen molar-refractivity contribution < 1.29 is 32.6 Å². The number of carbonyl (C=O) groups excluding carboxylic acids is 1. The summed E-state index contributed by atoms with van der Waals surface area (Å²) in [7, 11) is 1.57. The van der Waals surface area contributed by atoms with Crippen LogP contribution in [-0.2, 0) is 16.1 Å². The summed E-state index contributed by atoms with van der Waals surface area (Å²) in [5.41, 5.74) is 3.80. The molecule has 10 heteroatoms. The molecule has 3 aromatic carbocycles. The third-order valence-corrected chi connectivity index (χ3v) is 7.02. The van der Waals surface area contributed by atoms with Crippen LogP contribution < -0.4 is 14.4 Å². The number of nitrogens with one attached hydrogen (secondary N) is 1. The molecule has 1 amide bonds. The Morgan fingerprint density at radius 3 is 2.13 bits per heavy atom. The van der Waals surface area contributed by atoms with E-state index in [4.69, 9.17) is 9.15 Å². The zero-order valence-corrected chi connectivity index (χ0v) is 22.1. The molecule has 0 aliphatic carbocycles. The molecule has 0 bridgehead atoms. The van der Waals surface area contributed by atoms with Crippen LogP contribution in [0, 0.1) is 12.8 Å². The van der Waals surface area contributed by atoms with Gasteiger partial charge < -0.3 is 19.6 Å². The Morgan fingerprint density at radius 1 is 1.00 bits per heavy atom. The summed E-state index contributed by atoms with van der Waals surface area (Å²) < 4.78 is 33.9. The number of carbonyl (C=O) groups is 2. The minimum atomic E-state index is -2.51. The highest BCUT2D eigenvalue weighted by Gasteiger charge is 2.32. The van der Waals surface area contributed by atoms with Gasteiger partial charge in [-0.3, -0.25) is 13.7 Å². The van der Waals surface area contributed by atoms with E-state index in [0.717, 1.165) is 20.8 Å². The zero-order valence-electron chi connectivity index (χ0n) is 21.3. The number of nitrogens with zero attached hydrogens (tertiary/aromatic N) is 1. The van der Waals surface area contributed by atoms with Crippen molar-refractivity contribution in [1.82, 2.24) is 0 Å². The van der Waals surface area contributed by atoms with E-state index in [1.165, 1.54) is 0 Å². The van der Waals surface area contributed by atoms with Crippen LogP contribution >= 0.6 is 0 Å². The Morgan fingerprint density at radius 2 is 1.61 bits per heavy atom. The van der Waals surface area contributed by atoms with E-state index in [2.05, 4.69) is 5.32 Å². The summed E-state index contributed by atoms with van der Waals surface area (Å²) in [5, 5.41) is 13.2. The van der Waals surface area contributed by atoms with E-state index in [9.17, 15) is 23.5 Å². The highest BCUT2D eigenvalue weighted by Crippen LogP contribution is 2.33. The van der Waals surface area contributed by atoms with Crippen LogP contribution in [0.5, 0.6) is 5.75 Å². The lowest BCUT2D eigenvalue weighted by molar-refractivity contribution is -0.139. The quantitative estimate of drug-likeness (QED) is 0.233. The number of furan rings is 1. The fourth-order valence-corrected chi connectivity index (χ4v) is 5.22. The lowest BCUT2D eigenvalue weighted by atomic mass is 10.0. The van der Waals surface area contributed by atoms with Crippen molar-refractivity contribution in [1.29, 1.82) is 0 Å². The predicted molar refractivity (Wildman–Crippen MR) is 147 cm³/mol. The molecule has 0 aliphatic heterocycles. The van der Waals surface area contributed by atoms with Crippen LogP contribution in [0.4, 0.5) is 11.4 Å². The molecule has 2 unspecified atom stereocenters. The Bertz CT molecular complexity index is 1490. The normalized spacial score (nSPS) is 12.8. The molecule has 0 fully saturated rings. The van der Waals surface area contributed by atoms with Gasteiger partial charge >= 0.3 is 5.97 Å². The van der Waals surface area contributed by atoms with Crippen molar-refractivity contribution in [2.75, 3.05) is 16.7 Å². The number of benzene rings is 3. The first kappa shape index (κ1) is 26.9. The molecule has 0 saturated heterocycles. The van der Waals surface area contributed by atoms with E-state index in [1.807, 2.05) is 25.1 Å². The predicted octanol–water partition coefficient (Wildman–Crippen LogP) is 5.72. The summed E-state index contributed by atoms with van der Waals surface area (Å²) in [6.07, 6.45) is 0. The molecule has 0 spiro atoms. The minimum absolute atomic E-state index is 0.205. The van der Waals surface area contributed by atoms with Crippen LogP contribution in [0.3, 0.4) is 0 Å². The molecule has 0 radical (unpaired) electrons. The van der Waals surface area contributed by atoms with Gasteiger partial charge in [0.2, 0.25) is 0 Å². The maximum atomic E-state index is 12.9. The van der Waals surface area contributed by atoms with Gasteiger partial charge in [0.1, 0.15) is 17.4 Å². The smallest absolute Gasteiger partial charge is 0.327 e. The van der Waals surface area contributed by atoms with Gasteiger partial charge in [-0.2, -0.15) is 0 Å². The van der Waals surface area contributed by atoms with Crippen molar-refractivity contribution >= 4 is 45.5 Å². The summed E-state index contributed by atoms with van der Waals surface area (Å²) >= 11 is -2.51. The Hall–Kier alpha value is -4.15. The lowest BCUT2D eigenvalue weighted by Gasteiger charge is -2.29. The van der Waals surface area contributed by atoms with E-state index in [-0.39, 0.29) is 11.7 Å². The van der Waals surface area contributed by atoms with Gasteiger partial charge in [0, 0.05) is 11.3 Å². The first-order chi connectivity index (χ1) is 18.1. The van der Waals surface area contributed by atoms with Gasteiger partial charge in [-0.15, -0.1) is 0 Å². The molecule has 9 nitrogen and oxygen atoms in total. The molecule has 3 N–H and O–H groups in total. The number of hydrogen-bond acceptors (Lipinski definition) is 5. The van der Waals surface area contributed by atoms with Gasteiger partial charge in [0.25, 0.3) is 17.2 Å². The second-order valence-corrected chi connectivity index (χ2v) is 9.91. The van der Waals surface area contributed by atoms with Gasteiger partial charge in [-0.05, 0) is 60.4 Å². The fourth-order valence-electron chi connectivity index (χ4n) is 4.39. The molecule has 0 aliphatic rings. The third-order valence-electron chi connectivity index (χ3n) is 6.25. The molecule has 0 saturated carbocycles. The van der Waals surface area contributed by atoms with Crippen molar-refractivity contribution in [2.24, 2.45) is 5.92 Å². The molecule has 4 aromatic rings. The first-order valence-corrected chi connectivity index (χ1v) is 12.9. The Balaban J connectivity index is 1.52. The third kappa shape index (κ3) is 5.27. The molecular formula is C28H28N2O7S. The van der Waals surface area contributed by atoms with E-state index < -0.39 is 29.2 Å². The molecule has 2 atom stereocenters. The highest BCUT2D eigenvalue weighted by molar-refractivity contribution is 7.80. The van der Waals surface area contributed by atoms with Gasteiger partial charge in [-0.1, -0.05) is 44.2 Å². The number of amides is 1. The number of ether oxygens (including phenoxy) is 1. The zero-order chi connectivity index (χ0) is 27.6. The van der Waals surface area contributed by atoms with Gasteiger partial charge in [0.15, 0.2) is 5.76 Å². The Kier molecular flexibility index (Phi) is 7.84. The van der Waals surface area contributed by atoms with Crippen molar-refractivity contribution in [2.45, 2.75) is 26.8 Å². The second kappa shape index (κ2) is 11.1. The van der Waals surface area contributed by atoms with E-state index in [0.29, 0.717) is 28.3 Å². The van der Waals surface area contributed by atoms with Crippen LogP contribution in [0.2, 0.25) is 0 Å². The van der Waals surface area contributed by atoms with Crippen LogP contribution in [0.15, 0.2) is 71.1 Å². The average molecular weight is 537 g/mol. The molecule has 1 heterocycles. The van der Waals surface area contributed by atoms with E-state index >= 15 is 0 Å². The van der Waals surface area contributed by atoms with Crippen molar-refractivity contribution in [3.63, 3.8) is 0 Å². The SMILES string of the molecule is COc1cccc2oc(C(=O)Nc3ccc(-c4ccc(N(C(C(=O)O)C(C)C)S(=O)O)cc4)cc3)c(C)c12. The number of methoxy groups -OCH3 is 1. The number of anilines is 2. The molecule has 1 aromatic heterocycles. The number of aryl methyl sites for hydroxylation is 1. The lowest BCUT2D eigenvalue weighted by Crippen LogP contribution is -2.45. The van der Waals surface area contributed by atoms with Gasteiger partial charge in [0.05, 0.1) is 18.2 Å². The first-order valence-electron chi connectivity index (χ1n) is 11.8. The molecule has 38 heavy (non-hydrogen) atoms. The number of carboxylic acids is 1. The van der Waals surface area contributed by atoms with Crippen LogP contribution in [-0.4, -0.2) is 38.9 Å². The number of fused-ring (bicyclic) bond motifs is 1. The highest BCUT2D eigenvalue weighted by atomic mass is 32.2. The number of rotatable bonds is 9. The van der Waals surface area contributed by atoms with Crippen LogP contribution in [0.25, 0.3) is 22.1 Å². The number of carboxylic acid groups (broad SMARTS) is 1. The average Bonchev–Trinajstić information content (AvgIpc) is 3.24. The van der Waals surface area contributed by atoms with Crippen LogP contribution in [0.1, 0.15) is 30.0 Å². The topological polar surface area (TPSA) is 129 Å². The summed E-state index contributed by atoms with van der Waals surface area (Å²) in [6, 6.07) is 18.1. The molecule has 198 valence electrons. The van der Waals surface area contributed by atoms with Crippen molar-refractivity contribution in [3.05, 3.63) is 78.1 Å². The fraction of sp³-hybridized carbons (Fsp3) is 0.214. The molecular weight excluding hydrogens is 508 g/mol. The van der Waals surface area contributed by atoms with Crippen molar-refractivity contribution in [3.8, 4) is 16.9 Å². The Labute approximate surface area is 222 Å². The summed E-state index contributed by atoms with van der Waals surface area (Å²) in [5.74, 6) is -1.11. The minimum Gasteiger partial charge on any atom is -0.496 e. The maximum Gasteiger partial charge on any atom is 0.327 e. The number of hydrogen-bond donors (Lipinski definition) is 3. The monoisotopic (exact) mass is 536 g/mol.